The molecule has 1 rings (SSSR count). The highest BCUT2D eigenvalue weighted by Gasteiger charge is 2.21. The maximum atomic E-state index is 9.38. The zero-order valence-corrected chi connectivity index (χ0v) is 11.9. The molecule has 0 saturated carbocycles. The molecule has 0 heterocycles. The lowest BCUT2D eigenvalue weighted by molar-refractivity contribution is 0.132. The molecular weight excluding hydrogens is 226 g/mol. The van der Waals surface area contributed by atoms with E-state index >= 15 is 0 Å². The minimum Gasteiger partial charge on any atom is -0.497 e. The summed E-state index contributed by atoms with van der Waals surface area (Å²) in [5.41, 5.74) is 1.19. The van der Waals surface area contributed by atoms with Crippen LogP contribution in [-0.2, 0) is 0 Å². The van der Waals surface area contributed by atoms with Crippen molar-refractivity contribution in [1.29, 1.82) is 0 Å². The van der Waals surface area contributed by atoms with Gasteiger partial charge in [-0.25, -0.2) is 0 Å². The van der Waals surface area contributed by atoms with Crippen molar-refractivity contribution >= 4 is 0 Å². The van der Waals surface area contributed by atoms with Crippen LogP contribution in [-0.4, -0.2) is 25.4 Å². The number of ether oxygens (including phenoxy) is 1. The first kappa shape index (κ1) is 15.0. The SMILES string of the molecule is CCC(C)(CO)CN[C@H](C)c1ccc(OC)cc1. The van der Waals surface area contributed by atoms with E-state index in [0.29, 0.717) is 0 Å². The fraction of sp³-hybridized carbons (Fsp3) is 0.600. The smallest absolute Gasteiger partial charge is 0.118 e. The Bertz CT molecular complexity index is 344. The number of aliphatic hydroxyl groups excluding tert-OH is 1. The van der Waals surface area contributed by atoms with Crippen molar-refractivity contribution in [2.75, 3.05) is 20.3 Å². The van der Waals surface area contributed by atoms with Crippen molar-refractivity contribution in [3.05, 3.63) is 29.8 Å². The molecule has 0 fully saturated rings. The molecule has 0 saturated heterocycles. The summed E-state index contributed by atoms with van der Waals surface area (Å²) in [5.74, 6) is 0.875. The quantitative estimate of drug-likeness (QED) is 0.783. The van der Waals surface area contributed by atoms with Crippen LogP contribution in [0.25, 0.3) is 0 Å². The van der Waals surface area contributed by atoms with Gasteiger partial charge in [-0.3, -0.25) is 0 Å². The third-order valence-electron chi connectivity index (χ3n) is 3.69. The van der Waals surface area contributed by atoms with Crippen molar-refractivity contribution in [3.63, 3.8) is 0 Å². The van der Waals surface area contributed by atoms with Gasteiger partial charge < -0.3 is 15.2 Å². The second-order valence-corrected chi connectivity index (χ2v) is 5.20. The fourth-order valence-electron chi connectivity index (χ4n) is 1.70. The predicted molar refractivity (Wildman–Crippen MR) is 74.9 cm³/mol. The highest BCUT2D eigenvalue weighted by molar-refractivity contribution is 5.28. The lowest BCUT2D eigenvalue weighted by Gasteiger charge is -2.28. The van der Waals surface area contributed by atoms with Gasteiger partial charge in [0, 0.05) is 24.6 Å². The summed E-state index contributed by atoms with van der Waals surface area (Å²) in [7, 11) is 1.67. The van der Waals surface area contributed by atoms with Crippen LogP contribution in [0.1, 0.15) is 38.8 Å². The number of rotatable bonds is 7. The maximum absolute atomic E-state index is 9.38. The first-order chi connectivity index (χ1) is 8.54. The lowest BCUT2D eigenvalue weighted by Crippen LogP contribution is -2.35. The largest absolute Gasteiger partial charge is 0.497 e. The number of hydrogen-bond acceptors (Lipinski definition) is 3. The van der Waals surface area contributed by atoms with E-state index in [-0.39, 0.29) is 18.1 Å². The Labute approximate surface area is 110 Å². The molecule has 3 heteroatoms. The summed E-state index contributed by atoms with van der Waals surface area (Å²) < 4.78 is 5.14. The molecule has 0 bridgehead atoms. The van der Waals surface area contributed by atoms with E-state index in [4.69, 9.17) is 4.74 Å². The molecule has 1 aromatic rings. The summed E-state index contributed by atoms with van der Waals surface area (Å²) in [6.07, 6.45) is 0.964. The van der Waals surface area contributed by atoms with Crippen LogP contribution in [0, 0.1) is 5.41 Å². The van der Waals surface area contributed by atoms with E-state index in [1.807, 2.05) is 12.1 Å². The van der Waals surface area contributed by atoms with Gasteiger partial charge in [-0.1, -0.05) is 26.0 Å². The maximum Gasteiger partial charge on any atom is 0.118 e. The summed E-state index contributed by atoms with van der Waals surface area (Å²) in [4.78, 5) is 0. The highest BCUT2D eigenvalue weighted by Crippen LogP contribution is 2.22. The van der Waals surface area contributed by atoms with Gasteiger partial charge in [0.2, 0.25) is 0 Å². The van der Waals surface area contributed by atoms with Gasteiger partial charge in [-0.15, -0.1) is 0 Å². The van der Waals surface area contributed by atoms with Crippen molar-refractivity contribution in [1.82, 2.24) is 5.32 Å². The van der Waals surface area contributed by atoms with Crippen LogP contribution in [0.3, 0.4) is 0 Å². The molecule has 102 valence electrons. The molecule has 0 aliphatic heterocycles. The van der Waals surface area contributed by atoms with Gasteiger partial charge in [0.15, 0.2) is 0 Å². The van der Waals surface area contributed by atoms with Crippen LogP contribution in [0.2, 0.25) is 0 Å². The van der Waals surface area contributed by atoms with E-state index in [2.05, 4.69) is 38.2 Å². The van der Waals surface area contributed by atoms with Gasteiger partial charge in [-0.2, -0.15) is 0 Å². The van der Waals surface area contributed by atoms with E-state index in [1.165, 1.54) is 5.56 Å². The minimum atomic E-state index is -0.0409. The van der Waals surface area contributed by atoms with Crippen molar-refractivity contribution < 1.29 is 9.84 Å². The van der Waals surface area contributed by atoms with Crippen LogP contribution in [0.15, 0.2) is 24.3 Å². The topological polar surface area (TPSA) is 41.5 Å². The second-order valence-electron chi connectivity index (χ2n) is 5.20. The molecule has 3 nitrogen and oxygen atoms in total. The minimum absolute atomic E-state index is 0.0409. The second kappa shape index (κ2) is 6.76. The Morgan fingerprint density at radius 1 is 1.33 bits per heavy atom. The van der Waals surface area contributed by atoms with Crippen LogP contribution >= 0.6 is 0 Å². The van der Waals surface area contributed by atoms with E-state index in [0.717, 1.165) is 18.7 Å². The zero-order chi connectivity index (χ0) is 13.6. The number of hydrogen-bond donors (Lipinski definition) is 2. The first-order valence-electron chi connectivity index (χ1n) is 6.53. The lowest BCUT2D eigenvalue weighted by atomic mass is 9.88. The Hall–Kier alpha value is -1.06. The van der Waals surface area contributed by atoms with E-state index < -0.39 is 0 Å². The summed E-state index contributed by atoms with van der Waals surface area (Å²) >= 11 is 0. The molecule has 2 N–H and O–H groups in total. The Balaban J connectivity index is 2.56. The summed E-state index contributed by atoms with van der Waals surface area (Å²) in [6.45, 7) is 7.37. The zero-order valence-electron chi connectivity index (χ0n) is 11.9. The molecular formula is C15H25NO2. The molecule has 0 aromatic heterocycles. The monoisotopic (exact) mass is 251 g/mol. The third-order valence-corrected chi connectivity index (χ3v) is 3.69. The number of aliphatic hydroxyl groups is 1. The van der Waals surface area contributed by atoms with Crippen LogP contribution < -0.4 is 10.1 Å². The van der Waals surface area contributed by atoms with Crippen LogP contribution in [0.4, 0.5) is 0 Å². The molecule has 0 radical (unpaired) electrons. The Kier molecular flexibility index (Phi) is 5.63. The summed E-state index contributed by atoms with van der Waals surface area (Å²) in [5, 5.41) is 12.9. The van der Waals surface area contributed by atoms with Crippen molar-refractivity contribution in [2.24, 2.45) is 5.41 Å². The average Bonchev–Trinajstić information content (AvgIpc) is 2.44. The molecule has 18 heavy (non-hydrogen) atoms. The standard InChI is InChI=1S/C15H25NO2/c1-5-15(3,11-17)10-16-12(2)13-6-8-14(18-4)9-7-13/h6-9,12,16-17H,5,10-11H2,1-4H3/t12-,15?/m1/s1. The Morgan fingerprint density at radius 3 is 2.39 bits per heavy atom. The van der Waals surface area contributed by atoms with E-state index in [9.17, 15) is 5.11 Å². The predicted octanol–water partition coefficient (Wildman–Crippen LogP) is 2.75. The molecule has 1 aromatic carbocycles. The highest BCUT2D eigenvalue weighted by atomic mass is 16.5. The van der Waals surface area contributed by atoms with Gasteiger partial charge in [0.1, 0.15) is 5.75 Å². The van der Waals surface area contributed by atoms with Crippen LogP contribution in [0.5, 0.6) is 5.75 Å². The molecule has 0 amide bonds. The number of methoxy groups -OCH3 is 1. The van der Waals surface area contributed by atoms with Gasteiger partial charge in [0.25, 0.3) is 0 Å². The number of nitrogens with one attached hydrogen (secondary N) is 1. The normalized spacial score (nSPS) is 16.1. The van der Waals surface area contributed by atoms with E-state index in [1.54, 1.807) is 7.11 Å². The molecule has 2 atom stereocenters. The fourth-order valence-corrected chi connectivity index (χ4v) is 1.70. The first-order valence-corrected chi connectivity index (χ1v) is 6.53. The summed E-state index contributed by atoms with van der Waals surface area (Å²) in [6, 6.07) is 8.35. The Morgan fingerprint density at radius 2 is 1.94 bits per heavy atom. The third kappa shape index (κ3) is 4.00. The molecule has 0 aliphatic carbocycles. The molecule has 1 unspecified atom stereocenters. The number of benzene rings is 1. The van der Waals surface area contributed by atoms with Crippen molar-refractivity contribution in [2.45, 2.75) is 33.2 Å². The average molecular weight is 251 g/mol. The van der Waals surface area contributed by atoms with Gasteiger partial charge in [-0.05, 0) is 31.0 Å². The van der Waals surface area contributed by atoms with Gasteiger partial charge >= 0.3 is 0 Å². The molecule has 0 aliphatic rings. The molecule has 0 spiro atoms. The van der Waals surface area contributed by atoms with Crippen molar-refractivity contribution in [3.8, 4) is 5.75 Å². The van der Waals surface area contributed by atoms with Gasteiger partial charge in [0.05, 0.1) is 7.11 Å².